The number of nitrogens with zero attached hydrogens (tertiary/aromatic N) is 5. The van der Waals surface area contributed by atoms with Crippen molar-refractivity contribution in [3.63, 3.8) is 0 Å². The first kappa shape index (κ1) is 20.6. The van der Waals surface area contributed by atoms with E-state index in [4.69, 9.17) is 37.6 Å². The predicted molar refractivity (Wildman–Crippen MR) is 111 cm³/mol. The van der Waals surface area contributed by atoms with Gasteiger partial charge in [-0.05, 0) is 30.3 Å². The second-order valence-corrected chi connectivity index (χ2v) is 7.54. The molecule has 1 saturated heterocycles. The van der Waals surface area contributed by atoms with Gasteiger partial charge in [0.05, 0.1) is 11.6 Å². The monoisotopic (exact) mass is 445 g/mol. The Morgan fingerprint density at radius 1 is 1.27 bits per heavy atom. The number of hydrogen-bond donors (Lipinski definition) is 1. The lowest BCUT2D eigenvalue weighted by Crippen LogP contribution is -2.34. The Kier molecular flexibility index (Phi) is 5.88. The largest absolute Gasteiger partial charge is 0.388 e. The minimum Gasteiger partial charge on any atom is -0.388 e. The molecule has 8 nitrogen and oxygen atoms in total. The van der Waals surface area contributed by atoms with Crippen LogP contribution in [0, 0.1) is 11.8 Å². The number of anilines is 1. The number of methoxy groups -OCH3 is 1. The highest BCUT2D eigenvalue weighted by atomic mass is 35.5. The van der Waals surface area contributed by atoms with E-state index in [0.717, 1.165) is 0 Å². The Bertz CT molecular complexity index is 1110. The smallest absolute Gasteiger partial charge is 0.278 e. The van der Waals surface area contributed by atoms with Gasteiger partial charge < -0.3 is 19.3 Å². The molecule has 0 radical (unpaired) electrons. The number of aromatic nitrogens is 4. The topological polar surface area (TPSA) is 97.4 Å². The van der Waals surface area contributed by atoms with Gasteiger partial charge in [-0.15, -0.1) is 10.2 Å². The van der Waals surface area contributed by atoms with E-state index in [-0.39, 0.29) is 18.3 Å². The molecule has 0 amide bonds. The van der Waals surface area contributed by atoms with Gasteiger partial charge in [0.2, 0.25) is 0 Å². The molecule has 0 spiro atoms. The third kappa shape index (κ3) is 4.25. The van der Waals surface area contributed by atoms with Crippen LogP contribution < -0.4 is 4.90 Å². The molecule has 2 aromatic heterocycles. The lowest BCUT2D eigenvalue weighted by atomic mass is 10.0. The summed E-state index contributed by atoms with van der Waals surface area (Å²) in [6.07, 6.45) is 0.703. The van der Waals surface area contributed by atoms with Gasteiger partial charge in [-0.1, -0.05) is 40.2 Å². The lowest BCUT2D eigenvalue weighted by molar-refractivity contribution is 0.0602. The van der Waals surface area contributed by atoms with Gasteiger partial charge in [-0.2, -0.15) is 4.98 Å². The first-order valence-corrected chi connectivity index (χ1v) is 9.83. The molecule has 30 heavy (non-hydrogen) atoms. The molecular formula is C20H17Cl2N5O3. The Morgan fingerprint density at radius 3 is 2.80 bits per heavy atom. The highest BCUT2D eigenvalue weighted by Gasteiger charge is 2.37. The molecule has 3 heterocycles. The fourth-order valence-corrected chi connectivity index (χ4v) is 3.56. The summed E-state index contributed by atoms with van der Waals surface area (Å²) in [5, 5.41) is 22.2. The van der Waals surface area contributed by atoms with Crippen molar-refractivity contribution in [2.75, 3.05) is 25.1 Å². The summed E-state index contributed by atoms with van der Waals surface area (Å²) in [7, 11) is 1.64. The summed E-state index contributed by atoms with van der Waals surface area (Å²) in [6, 6.07) is 8.76. The number of ether oxygens (including phenoxy) is 1. The molecule has 1 unspecified atom stereocenters. The van der Waals surface area contributed by atoms with Crippen molar-refractivity contribution in [2.45, 2.75) is 18.6 Å². The molecule has 0 bridgehead atoms. The number of benzene rings is 1. The molecule has 1 aliphatic rings. The molecule has 0 aliphatic carbocycles. The zero-order chi connectivity index (χ0) is 21.1. The minimum absolute atomic E-state index is 0.194. The van der Waals surface area contributed by atoms with Crippen LogP contribution in [0.4, 0.5) is 5.82 Å². The van der Waals surface area contributed by atoms with Crippen LogP contribution in [-0.4, -0.2) is 51.2 Å². The average molecular weight is 446 g/mol. The van der Waals surface area contributed by atoms with Crippen LogP contribution in [0.2, 0.25) is 10.0 Å². The van der Waals surface area contributed by atoms with E-state index in [2.05, 4.69) is 32.2 Å². The fraction of sp³-hybridized carbons (Fsp3) is 0.300. The Labute approximate surface area is 182 Å². The van der Waals surface area contributed by atoms with Gasteiger partial charge in [-0.3, -0.25) is 0 Å². The van der Waals surface area contributed by atoms with Crippen LogP contribution in [0.25, 0.3) is 11.6 Å². The van der Waals surface area contributed by atoms with Gasteiger partial charge in [0.1, 0.15) is 12.2 Å². The molecule has 3 aromatic rings. The molecular weight excluding hydrogens is 429 g/mol. The first-order chi connectivity index (χ1) is 14.5. The summed E-state index contributed by atoms with van der Waals surface area (Å²) in [6.45, 7) is 0.940. The maximum absolute atomic E-state index is 9.04. The zero-order valence-electron chi connectivity index (χ0n) is 16.0. The van der Waals surface area contributed by atoms with Crippen LogP contribution >= 0.6 is 23.2 Å². The van der Waals surface area contributed by atoms with Gasteiger partial charge >= 0.3 is 0 Å². The van der Waals surface area contributed by atoms with E-state index in [1.807, 2.05) is 11.0 Å². The van der Waals surface area contributed by atoms with Crippen molar-refractivity contribution in [1.29, 1.82) is 0 Å². The Hall–Kier alpha value is -2.70. The van der Waals surface area contributed by atoms with Crippen molar-refractivity contribution in [3.8, 4) is 23.4 Å². The van der Waals surface area contributed by atoms with Crippen LogP contribution in [0.15, 0.2) is 34.9 Å². The van der Waals surface area contributed by atoms with E-state index in [0.29, 0.717) is 46.6 Å². The Balaban J connectivity index is 1.50. The van der Waals surface area contributed by atoms with Crippen LogP contribution in [0.3, 0.4) is 0 Å². The van der Waals surface area contributed by atoms with Crippen molar-refractivity contribution in [1.82, 2.24) is 20.3 Å². The number of hydrogen-bond acceptors (Lipinski definition) is 8. The maximum Gasteiger partial charge on any atom is 0.278 e. The summed E-state index contributed by atoms with van der Waals surface area (Å²) in [5.41, 5.74) is 0.480. The fourth-order valence-electron chi connectivity index (χ4n) is 3.10. The van der Waals surface area contributed by atoms with Crippen molar-refractivity contribution >= 4 is 29.0 Å². The van der Waals surface area contributed by atoms with E-state index >= 15 is 0 Å². The molecule has 0 saturated carbocycles. The van der Waals surface area contributed by atoms with Crippen LogP contribution in [-0.2, 0) is 11.3 Å². The van der Waals surface area contributed by atoms with E-state index < -0.39 is 5.60 Å². The first-order valence-electron chi connectivity index (χ1n) is 9.08. The van der Waals surface area contributed by atoms with Crippen LogP contribution in [0.1, 0.15) is 17.8 Å². The number of rotatable bonds is 4. The standard InChI is InChI=1S/C20H17Cl2N5O3/c1-29-20(7-6-13-2-3-14(21)10-15(13)22)8-9-27(12-20)18-5-4-16(24-25-18)19-23-17(11-28)26-30-19/h2-5,10,28H,8-9,11-12H2,1H3. The SMILES string of the molecule is COC1(C#Cc2ccc(Cl)cc2Cl)CCN(c2ccc(-c3nc(CO)no3)nn2)C1. The second-order valence-electron chi connectivity index (χ2n) is 6.69. The number of aliphatic hydroxyl groups excluding tert-OH is 1. The van der Waals surface area contributed by atoms with Crippen molar-refractivity contribution < 1.29 is 14.4 Å². The molecule has 1 aromatic carbocycles. The van der Waals surface area contributed by atoms with Gasteiger partial charge in [0.25, 0.3) is 5.89 Å². The van der Waals surface area contributed by atoms with E-state index in [1.54, 1.807) is 31.4 Å². The maximum atomic E-state index is 9.04. The third-order valence-corrected chi connectivity index (χ3v) is 5.33. The minimum atomic E-state index is -0.647. The molecule has 1 fully saturated rings. The normalized spacial score (nSPS) is 18.3. The third-order valence-electron chi connectivity index (χ3n) is 4.78. The average Bonchev–Trinajstić information content (AvgIpc) is 3.41. The van der Waals surface area contributed by atoms with Gasteiger partial charge in [0.15, 0.2) is 17.3 Å². The molecule has 10 heteroatoms. The highest BCUT2D eigenvalue weighted by Crippen LogP contribution is 2.29. The lowest BCUT2D eigenvalue weighted by Gasteiger charge is -2.22. The highest BCUT2D eigenvalue weighted by molar-refractivity contribution is 6.35. The number of halogens is 2. The van der Waals surface area contributed by atoms with Gasteiger partial charge in [0, 0.05) is 30.7 Å². The van der Waals surface area contributed by atoms with Gasteiger partial charge in [-0.25, -0.2) is 0 Å². The molecule has 1 N–H and O–H groups in total. The Morgan fingerprint density at radius 2 is 2.13 bits per heavy atom. The molecule has 154 valence electrons. The summed E-state index contributed by atoms with van der Waals surface area (Å²) in [5.74, 6) is 7.41. The van der Waals surface area contributed by atoms with Crippen molar-refractivity contribution in [3.05, 3.63) is 51.8 Å². The summed E-state index contributed by atoms with van der Waals surface area (Å²) >= 11 is 12.2. The molecule has 1 atom stereocenters. The zero-order valence-corrected chi connectivity index (χ0v) is 17.5. The molecule has 1 aliphatic heterocycles. The summed E-state index contributed by atoms with van der Waals surface area (Å²) in [4.78, 5) is 6.07. The predicted octanol–water partition coefficient (Wildman–Crippen LogP) is 2.97. The van der Waals surface area contributed by atoms with Crippen LogP contribution in [0.5, 0.6) is 0 Å². The van der Waals surface area contributed by atoms with E-state index in [1.165, 1.54) is 0 Å². The summed E-state index contributed by atoms with van der Waals surface area (Å²) < 4.78 is 10.8. The molecule has 4 rings (SSSR count). The number of aliphatic hydroxyl groups is 1. The quantitative estimate of drug-likeness (QED) is 0.611. The van der Waals surface area contributed by atoms with Crippen molar-refractivity contribution in [2.24, 2.45) is 0 Å². The second kappa shape index (κ2) is 8.58. The van der Waals surface area contributed by atoms with E-state index in [9.17, 15) is 0 Å².